The van der Waals surface area contributed by atoms with Crippen molar-refractivity contribution in [2.75, 3.05) is 0 Å². The Labute approximate surface area is 111 Å². The second-order valence-electron chi connectivity index (χ2n) is 1.95. The fourth-order valence-corrected chi connectivity index (χ4v) is 0.454. The van der Waals surface area contributed by atoms with Crippen LogP contribution in [-0.4, -0.2) is 58.0 Å². The molecule has 0 bridgehead atoms. The van der Waals surface area contributed by atoms with E-state index in [1.54, 1.807) is 6.92 Å². The normalized spacial score (nSPS) is 7.50. The number of carbonyl (C=O) groups excluding carboxylic acids is 2. The molecule has 0 atom stereocenters. The van der Waals surface area contributed by atoms with E-state index in [0.717, 1.165) is 6.42 Å². The molecule has 0 aromatic rings. The van der Waals surface area contributed by atoms with E-state index in [1.807, 2.05) is 6.92 Å². The summed E-state index contributed by atoms with van der Waals surface area (Å²) >= 11 is 0. The van der Waals surface area contributed by atoms with Crippen LogP contribution < -0.4 is 0 Å². The van der Waals surface area contributed by atoms with Gasteiger partial charge in [0.1, 0.15) is 0 Å². The van der Waals surface area contributed by atoms with Gasteiger partial charge in [0.2, 0.25) is 0 Å². The van der Waals surface area contributed by atoms with Crippen molar-refractivity contribution in [2.45, 2.75) is 33.1 Å². The average molecular weight is 197 g/mol. The zero-order valence-corrected chi connectivity index (χ0v) is 10.6. The van der Waals surface area contributed by atoms with E-state index in [1.165, 1.54) is 0 Å². The molecule has 0 rings (SSSR count). The molecule has 0 unspecified atom stereocenters. The molecule has 0 heterocycles. The molecule has 3 nitrogen and oxygen atoms in total. The molecule has 0 aliphatic carbocycles. The first-order valence-electron chi connectivity index (χ1n) is 3.44. The van der Waals surface area contributed by atoms with Crippen LogP contribution in [0.2, 0.25) is 0 Å². The van der Waals surface area contributed by atoms with E-state index in [2.05, 4.69) is 4.74 Å². The largest absolute Gasteiger partial charge is 2.00 e. The van der Waals surface area contributed by atoms with Crippen molar-refractivity contribution in [3.05, 3.63) is 0 Å². The van der Waals surface area contributed by atoms with Gasteiger partial charge in [-0.1, -0.05) is 13.8 Å². The molecule has 0 fully saturated rings. The number of hydrogen-bond donors (Lipinski definition) is 0. The minimum atomic E-state index is -0.446. The quantitative estimate of drug-likeness (QED) is 0.384. The van der Waals surface area contributed by atoms with E-state index >= 15 is 0 Å². The summed E-state index contributed by atoms with van der Waals surface area (Å²) in [4.78, 5) is 21.0. The molecule has 0 spiro atoms. The molecule has 0 saturated carbocycles. The molecule has 0 radical (unpaired) electrons. The third-order valence-corrected chi connectivity index (χ3v) is 0.970. The number of hydrogen-bond acceptors (Lipinski definition) is 3. The van der Waals surface area contributed by atoms with Crippen LogP contribution in [0.4, 0.5) is 0 Å². The van der Waals surface area contributed by atoms with E-state index in [0.29, 0.717) is 6.42 Å². The summed E-state index contributed by atoms with van der Waals surface area (Å²) in [7, 11) is 0. The summed E-state index contributed by atoms with van der Waals surface area (Å²) in [6.07, 6.45) is 1.30. The molecule has 66 valence electrons. The van der Waals surface area contributed by atoms with Gasteiger partial charge in [-0.25, -0.2) is 0 Å². The first-order chi connectivity index (χ1) is 4.70. The minimum absolute atomic E-state index is 0. The van der Waals surface area contributed by atoms with E-state index < -0.39 is 11.9 Å². The van der Waals surface area contributed by atoms with Crippen LogP contribution in [0.15, 0.2) is 0 Å². The monoisotopic (exact) mass is 196 g/mol. The van der Waals surface area contributed by atoms with Gasteiger partial charge in [0.15, 0.2) is 0 Å². The van der Waals surface area contributed by atoms with Crippen molar-refractivity contribution < 1.29 is 20.0 Å². The maximum atomic E-state index is 10.6. The van der Waals surface area contributed by atoms with Crippen LogP contribution in [0.25, 0.3) is 0 Å². The van der Waals surface area contributed by atoms with Gasteiger partial charge >= 0.3 is 58.0 Å². The average Bonchev–Trinajstić information content (AvgIpc) is 1.88. The summed E-state index contributed by atoms with van der Waals surface area (Å²) < 4.78 is 4.36. The standard InChI is InChI=1S/C7H12O3.2Mg.4H/c1-3-5-7(9)10-6(8)4-2;;;;;;/h3-5H2,1-2H3;;;;;;/q;2*+2;4*-1. The Hall–Kier alpha value is 0.672. The third-order valence-electron chi connectivity index (χ3n) is 0.970. The van der Waals surface area contributed by atoms with Crippen molar-refractivity contribution in [1.82, 2.24) is 0 Å². The van der Waals surface area contributed by atoms with Crippen LogP contribution in [0.3, 0.4) is 0 Å². The molecule has 0 aromatic heterocycles. The van der Waals surface area contributed by atoms with Crippen LogP contribution >= 0.6 is 0 Å². The predicted octanol–water partition coefficient (Wildman–Crippen LogP) is 0.955. The first-order valence-corrected chi connectivity index (χ1v) is 3.44. The smallest absolute Gasteiger partial charge is 1.00 e. The Morgan fingerprint density at radius 2 is 1.67 bits per heavy atom. The molecular formula is C7H16Mg2O3. The maximum Gasteiger partial charge on any atom is 2.00 e. The predicted molar refractivity (Wildman–Crippen MR) is 52.3 cm³/mol. The van der Waals surface area contributed by atoms with Crippen LogP contribution in [0.1, 0.15) is 38.8 Å². The maximum absolute atomic E-state index is 10.6. The zero-order chi connectivity index (χ0) is 7.98. The summed E-state index contributed by atoms with van der Waals surface area (Å²) in [6, 6.07) is 0. The Morgan fingerprint density at radius 3 is 2.00 bits per heavy atom. The SMILES string of the molecule is CCCC(=O)OC(=O)CC.[H-].[H-].[H-].[H-].[Mg+2].[Mg+2]. The van der Waals surface area contributed by atoms with Crippen LogP contribution in [0.5, 0.6) is 0 Å². The van der Waals surface area contributed by atoms with Gasteiger partial charge in [-0.2, -0.15) is 0 Å². The topological polar surface area (TPSA) is 43.4 Å². The summed E-state index contributed by atoms with van der Waals surface area (Å²) in [5, 5.41) is 0. The summed E-state index contributed by atoms with van der Waals surface area (Å²) in [6.45, 7) is 3.51. The van der Waals surface area contributed by atoms with E-state index in [-0.39, 0.29) is 58.2 Å². The number of rotatable bonds is 3. The van der Waals surface area contributed by atoms with Crippen LogP contribution in [-0.2, 0) is 14.3 Å². The Balaban J connectivity index is -0.0000000270. The van der Waals surface area contributed by atoms with Crippen molar-refractivity contribution in [2.24, 2.45) is 0 Å². The van der Waals surface area contributed by atoms with Crippen molar-refractivity contribution in [3.63, 3.8) is 0 Å². The molecule has 5 heteroatoms. The number of esters is 2. The second kappa shape index (κ2) is 11.7. The van der Waals surface area contributed by atoms with Crippen molar-refractivity contribution in [3.8, 4) is 0 Å². The Morgan fingerprint density at radius 1 is 1.17 bits per heavy atom. The fourth-order valence-electron chi connectivity index (χ4n) is 0.454. The van der Waals surface area contributed by atoms with E-state index in [4.69, 9.17) is 0 Å². The molecule has 12 heavy (non-hydrogen) atoms. The van der Waals surface area contributed by atoms with Gasteiger partial charge in [-0.05, 0) is 6.42 Å². The van der Waals surface area contributed by atoms with Gasteiger partial charge in [0, 0.05) is 12.8 Å². The van der Waals surface area contributed by atoms with E-state index in [9.17, 15) is 9.59 Å². The van der Waals surface area contributed by atoms with Gasteiger partial charge in [0.05, 0.1) is 0 Å². The molecular weight excluding hydrogens is 181 g/mol. The number of ether oxygens (including phenoxy) is 1. The Bertz CT molecular complexity index is 150. The molecule has 0 aliphatic heterocycles. The van der Waals surface area contributed by atoms with Gasteiger partial charge in [-0.3, -0.25) is 9.59 Å². The molecule has 0 aliphatic rings. The first kappa shape index (κ1) is 18.5. The molecule has 0 amide bonds. The van der Waals surface area contributed by atoms with Gasteiger partial charge < -0.3 is 10.4 Å². The molecule has 0 saturated heterocycles. The summed E-state index contributed by atoms with van der Waals surface area (Å²) in [5.74, 6) is -0.868. The van der Waals surface area contributed by atoms with Gasteiger partial charge in [0.25, 0.3) is 0 Å². The minimum Gasteiger partial charge on any atom is -1.00 e. The molecule has 0 N–H and O–H groups in total. The second-order valence-corrected chi connectivity index (χ2v) is 1.95. The van der Waals surface area contributed by atoms with Crippen molar-refractivity contribution in [1.29, 1.82) is 0 Å². The summed E-state index contributed by atoms with van der Waals surface area (Å²) in [5.41, 5.74) is 0. The van der Waals surface area contributed by atoms with Gasteiger partial charge in [-0.15, -0.1) is 0 Å². The van der Waals surface area contributed by atoms with Crippen LogP contribution in [0, 0.1) is 0 Å². The third kappa shape index (κ3) is 10.7. The van der Waals surface area contributed by atoms with Crippen molar-refractivity contribution >= 4 is 58.0 Å². The number of carbonyl (C=O) groups is 2. The molecule has 0 aromatic carbocycles. The fraction of sp³-hybridized carbons (Fsp3) is 0.714. The zero-order valence-electron chi connectivity index (χ0n) is 11.8. The Kier molecular flexibility index (Phi) is 18.0.